The first-order valence-electron chi connectivity index (χ1n) is 4.70. The number of nitrogens with zero attached hydrogens (tertiary/aromatic N) is 1. The van der Waals surface area contributed by atoms with Crippen LogP contribution in [0, 0.1) is 0 Å². The van der Waals surface area contributed by atoms with Gasteiger partial charge in [-0.15, -0.1) is 0 Å². The molecule has 0 aliphatic rings. The summed E-state index contributed by atoms with van der Waals surface area (Å²) in [5.74, 6) is 1.57. The topological polar surface area (TPSA) is 34.1 Å². The molecule has 13 heavy (non-hydrogen) atoms. The molecule has 1 N–H and O–H groups in total. The number of pyridine rings is 1. The second-order valence-electron chi connectivity index (χ2n) is 2.74. The largest absolute Gasteiger partial charge is 0.478 e. The van der Waals surface area contributed by atoms with Gasteiger partial charge in [-0.2, -0.15) is 4.98 Å². The Balaban J connectivity index is 2.56. The standard InChI is InChI=1S/C10H16N2O/c1-3-8-13-10-7-5-6-9(12-10)11-4-2/h5-7H,3-4,8H2,1-2H3,(H,11,12). The van der Waals surface area contributed by atoms with Gasteiger partial charge in [0.1, 0.15) is 5.82 Å². The van der Waals surface area contributed by atoms with Crippen LogP contribution in [0.15, 0.2) is 18.2 Å². The van der Waals surface area contributed by atoms with E-state index in [1.165, 1.54) is 0 Å². The van der Waals surface area contributed by atoms with Crippen LogP contribution in [-0.2, 0) is 0 Å². The maximum Gasteiger partial charge on any atom is 0.215 e. The Labute approximate surface area is 79.1 Å². The van der Waals surface area contributed by atoms with Crippen molar-refractivity contribution in [1.29, 1.82) is 0 Å². The van der Waals surface area contributed by atoms with Gasteiger partial charge in [0.2, 0.25) is 5.88 Å². The Morgan fingerprint density at radius 2 is 2.23 bits per heavy atom. The highest BCUT2D eigenvalue weighted by Crippen LogP contribution is 2.10. The van der Waals surface area contributed by atoms with E-state index >= 15 is 0 Å². The van der Waals surface area contributed by atoms with E-state index in [1.54, 1.807) is 0 Å². The minimum Gasteiger partial charge on any atom is -0.478 e. The van der Waals surface area contributed by atoms with E-state index in [9.17, 15) is 0 Å². The normalized spacial score (nSPS) is 9.69. The van der Waals surface area contributed by atoms with Crippen molar-refractivity contribution in [1.82, 2.24) is 4.98 Å². The fourth-order valence-electron chi connectivity index (χ4n) is 0.981. The second-order valence-corrected chi connectivity index (χ2v) is 2.74. The van der Waals surface area contributed by atoms with Crippen molar-refractivity contribution in [2.75, 3.05) is 18.5 Å². The van der Waals surface area contributed by atoms with E-state index in [1.807, 2.05) is 25.1 Å². The summed E-state index contributed by atoms with van der Waals surface area (Å²) in [5, 5.41) is 3.13. The molecule has 0 spiro atoms. The first-order valence-corrected chi connectivity index (χ1v) is 4.70. The third kappa shape index (κ3) is 3.32. The fraction of sp³-hybridized carbons (Fsp3) is 0.500. The summed E-state index contributed by atoms with van der Waals surface area (Å²) in [6.07, 6.45) is 1.01. The van der Waals surface area contributed by atoms with Gasteiger partial charge in [0.15, 0.2) is 0 Å². The van der Waals surface area contributed by atoms with Crippen molar-refractivity contribution in [2.45, 2.75) is 20.3 Å². The van der Waals surface area contributed by atoms with Crippen molar-refractivity contribution in [3.05, 3.63) is 18.2 Å². The van der Waals surface area contributed by atoms with E-state index in [-0.39, 0.29) is 0 Å². The van der Waals surface area contributed by atoms with Crippen LogP contribution in [-0.4, -0.2) is 18.1 Å². The van der Waals surface area contributed by atoms with Gasteiger partial charge < -0.3 is 10.1 Å². The molecule has 1 aromatic heterocycles. The van der Waals surface area contributed by atoms with Gasteiger partial charge in [-0.25, -0.2) is 0 Å². The molecule has 0 amide bonds. The molecule has 1 heterocycles. The number of nitrogens with one attached hydrogen (secondary N) is 1. The number of anilines is 1. The number of ether oxygens (including phenoxy) is 1. The molecule has 0 saturated heterocycles. The second kappa shape index (κ2) is 5.41. The van der Waals surface area contributed by atoms with E-state index in [4.69, 9.17) is 4.74 Å². The molecule has 1 rings (SSSR count). The lowest BCUT2D eigenvalue weighted by Gasteiger charge is -2.05. The Bertz CT molecular complexity index is 250. The molecular formula is C10H16N2O. The van der Waals surface area contributed by atoms with Crippen LogP contribution in [0.4, 0.5) is 5.82 Å². The minimum absolute atomic E-state index is 0.695. The number of rotatable bonds is 5. The first kappa shape index (κ1) is 9.84. The van der Waals surface area contributed by atoms with Gasteiger partial charge in [0.25, 0.3) is 0 Å². The van der Waals surface area contributed by atoms with Crippen molar-refractivity contribution in [3.63, 3.8) is 0 Å². The average Bonchev–Trinajstić information content (AvgIpc) is 2.16. The summed E-state index contributed by atoms with van der Waals surface area (Å²) < 4.78 is 5.39. The highest BCUT2D eigenvalue weighted by Gasteiger charge is 1.95. The van der Waals surface area contributed by atoms with Crippen LogP contribution in [0.25, 0.3) is 0 Å². The predicted molar refractivity (Wildman–Crippen MR) is 54.2 cm³/mol. The third-order valence-electron chi connectivity index (χ3n) is 1.54. The minimum atomic E-state index is 0.695. The van der Waals surface area contributed by atoms with Crippen molar-refractivity contribution in [3.8, 4) is 5.88 Å². The van der Waals surface area contributed by atoms with Gasteiger partial charge >= 0.3 is 0 Å². The van der Waals surface area contributed by atoms with Crippen LogP contribution in [0.3, 0.4) is 0 Å². The van der Waals surface area contributed by atoms with Gasteiger partial charge in [-0.05, 0) is 19.4 Å². The first-order chi connectivity index (χ1) is 6.36. The monoisotopic (exact) mass is 180 g/mol. The van der Waals surface area contributed by atoms with Crippen molar-refractivity contribution in [2.24, 2.45) is 0 Å². The van der Waals surface area contributed by atoms with E-state index in [2.05, 4.69) is 17.2 Å². The molecule has 0 bridgehead atoms. The molecule has 72 valence electrons. The van der Waals surface area contributed by atoms with E-state index in [0.29, 0.717) is 5.88 Å². The average molecular weight is 180 g/mol. The molecule has 0 saturated carbocycles. The summed E-state index contributed by atoms with van der Waals surface area (Å²) >= 11 is 0. The SMILES string of the molecule is CCCOc1cccc(NCC)n1. The molecule has 0 atom stereocenters. The molecular weight excluding hydrogens is 164 g/mol. The van der Waals surface area contributed by atoms with E-state index < -0.39 is 0 Å². The van der Waals surface area contributed by atoms with Gasteiger partial charge in [-0.1, -0.05) is 13.0 Å². The van der Waals surface area contributed by atoms with Crippen LogP contribution in [0.5, 0.6) is 5.88 Å². The van der Waals surface area contributed by atoms with Crippen molar-refractivity contribution < 1.29 is 4.74 Å². The zero-order valence-corrected chi connectivity index (χ0v) is 8.21. The van der Waals surface area contributed by atoms with Gasteiger partial charge in [0.05, 0.1) is 6.61 Å². The molecule has 0 aliphatic heterocycles. The van der Waals surface area contributed by atoms with Crippen LogP contribution in [0.1, 0.15) is 20.3 Å². The summed E-state index contributed by atoms with van der Waals surface area (Å²) in [4.78, 5) is 4.27. The number of hydrogen-bond donors (Lipinski definition) is 1. The fourth-order valence-corrected chi connectivity index (χ4v) is 0.981. The number of hydrogen-bond acceptors (Lipinski definition) is 3. The highest BCUT2D eigenvalue weighted by atomic mass is 16.5. The third-order valence-corrected chi connectivity index (χ3v) is 1.54. The Morgan fingerprint density at radius 1 is 1.38 bits per heavy atom. The molecule has 3 heteroatoms. The lowest BCUT2D eigenvalue weighted by molar-refractivity contribution is 0.306. The zero-order valence-electron chi connectivity index (χ0n) is 8.21. The maximum absolute atomic E-state index is 5.39. The summed E-state index contributed by atoms with van der Waals surface area (Å²) in [5.41, 5.74) is 0. The summed E-state index contributed by atoms with van der Waals surface area (Å²) in [6.45, 7) is 5.72. The molecule has 0 fully saturated rings. The maximum atomic E-state index is 5.39. The summed E-state index contributed by atoms with van der Waals surface area (Å²) in [7, 11) is 0. The van der Waals surface area contributed by atoms with E-state index in [0.717, 1.165) is 25.4 Å². The Kier molecular flexibility index (Phi) is 4.09. The van der Waals surface area contributed by atoms with Gasteiger partial charge in [-0.3, -0.25) is 0 Å². The Morgan fingerprint density at radius 3 is 2.92 bits per heavy atom. The quantitative estimate of drug-likeness (QED) is 0.755. The van der Waals surface area contributed by atoms with Crippen LogP contribution < -0.4 is 10.1 Å². The predicted octanol–water partition coefficient (Wildman–Crippen LogP) is 2.30. The molecule has 0 aliphatic carbocycles. The summed E-state index contributed by atoms with van der Waals surface area (Å²) in [6, 6.07) is 5.74. The molecule has 0 radical (unpaired) electrons. The molecule has 0 unspecified atom stereocenters. The highest BCUT2D eigenvalue weighted by molar-refractivity contribution is 5.36. The van der Waals surface area contributed by atoms with Crippen LogP contribution >= 0.6 is 0 Å². The van der Waals surface area contributed by atoms with Crippen molar-refractivity contribution >= 4 is 5.82 Å². The van der Waals surface area contributed by atoms with Crippen LogP contribution in [0.2, 0.25) is 0 Å². The zero-order chi connectivity index (χ0) is 9.52. The molecule has 3 nitrogen and oxygen atoms in total. The molecule has 0 aromatic carbocycles. The smallest absolute Gasteiger partial charge is 0.215 e. The molecule has 1 aromatic rings. The van der Waals surface area contributed by atoms with Gasteiger partial charge in [0, 0.05) is 12.6 Å². The lowest BCUT2D eigenvalue weighted by atomic mass is 10.4. The number of aromatic nitrogens is 1. The lowest BCUT2D eigenvalue weighted by Crippen LogP contribution is -2.02. The Hall–Kier alpha value is -1.25.